The molecule has 2 heterocycles. The average Bonchev–Trinajstić information content (AvgIpc) is 2.70. The van der Waals surface area contributed by atoms with E-state index in [0.717, 1.165) is 26.2 Å². The molecule has 0 aliphatic carbocycles. The van der Waals surface area contributed by atoms with Crippen LogP contribution in [0.25, 0.3) is 11.0 Å². The molecule has 106 valence electrons. The molecule has 6 heteroatoms. The standard InChI is InChI=1S/C7H4ClIN2.C6H16OSi/c8-4-1-2-10-7-6(4)5(9)3-11-7;1-7-5-6-8(2,3)4/h1-3H,(H,10,11);5-6H2,1-4H3. The lowest BCUT2D eigenvalue weighted by Gasteiger charge is -2.13. The number of methoxy groups -OCH3 is 1. The summed E-state index contributed by atoms with van der Waals surface area (Å²) < 4.78 is 6.06. The van der Waals surface area contributed by atoms with Gasteiger partial charge in [-0.05, 0) is 34.7 Å². The third-order valence-corrected chi connectivity index (χ3v) is 5.40. The lowest BCUT2D eigenvalue weighted by molar-refractivity contribution is 0.214. The molecule has 0 atom stereocenters. The Morgan fingerprint density at radius 1 is 1.42 bits per heavy atom. The van der Waals surface area contributed by atoms with Crippen molar-refractivity contribution in [2.75, 3.05) is 13.7 Å². The normalized spacial score (nSPS) is 11.3. The number of H-pyrrole nitrogens is 1. The maximum atomic E-state index is 5.94. The van der Waals surface area contributed by atoms with Crippen LogP contribution in [0.2, 0.25) is 30.7 Å². The van der Waals surface area contributed by atoms with Gasteiger partial charge in [0.1, 0.15) is 5.65 Å². The van der Waals surface area contributed by atoms with Crippen molar-refractivity contribution in [3.8, 4) is 0 Å². The number of aromatic amines is 1. The molecule has 0 bridgehead atoms. The van der Waals surface area contributed by atoms with Crippen LogP contribution in [0.15, 0.2) is 18.5 Å². The number of hydrogen-bond acceptors (Lipinski definition) is 2. The van der Waals surface area contributed by atoms with Gasteiger partial charge < -0.3 is 9.72 Å². The van der Waals surface area contributed by atoms with Gasteiger partial charge in [-0.2, -0.15) is 0 Å². The molecular weight excluding hydrogens is 391 g/mol. The second-order valence-electron chi connectivity index (χ2n) is 5.46. The Morgan fingerprint density at radius 2 is 2.11 bits per heavy atom. The number of hydrogen-bond donors (Lipinski definition) is 1. The van der Waals surface area contributed by atoms with E-state index < -0.39 is 8.07 Å². The van der Waals surface area contributed by atoms with Gasteiger partial charge in [-0.25, -0.2) is 4.98 Å². The fraction of sp³-hybridized carbons (Fsp3) is 0.462. The third-order valence-electron chi connectivity index (χ3n) is 2.53. The van der Waals surface area contributed by atoms with Crippen molar-refractivity contribution >= 4 is 53.3 Å². The van der Waals surface area contributed by atoms with Crippen LogP contribution in [0.1, 0.15) is 0 Å². The molecule has 0 radical (unpaired) electrons. The quantitative estimate of drug-likeness (QED) is 0.583. The van der Waals surface area contributed by atoms with E-state index in [1.807, 2.05) is 6.20 Å². The molecule has 0 unspecified atom stereocenters. The van der Waals surface area contributed by atoms with Gasteiger partial charge in [-0.1, -0.05) is 31.2 Å². The first-order chi connectivity index (χ1) is 8.85. The molecule has 0 saturated heterocycles. The third kappa shape index (κ3) is 5.81. The van der Waals surface area contributed by atoms with Gasteiger partial charge in [0.25, 0.3) is 0 Å². The summed E-state index contributed by atoms with van der Waals surface area (Å²) >= 11 is 8.16. The van der Waals surface area contributed by atoms with Crippen molar-refractivity contribution in [1.82, 2.24) is 9.97 Å². The van der Waals surface area contributed by atoms with Gasteiger partial charge in [0, 0.05) is 37.8 Å². The van der Waals surface area contributed by atoms with Crippen molar-refractivity contribution in [3.63, 3.8) is 0 Å². The van der Waals surface area contributed by atoms with E-state index in [1.54, 1.807) is 19.4 Å². The van der Waals surface area contributed by atoms with Crippen LogP contribution in [0.5, 0.6) is 0 Å². The minimum atomic E-state index is -0.803. The lowest BCUT2D eigenvalue weighted by Crippen LogP contribution is -2.21. The zero-order valence-electron chi connectivity index (χ0n) is 11.8. The number of halogens is 2. The first-order valence-corrected chi connectivity index (χ1v) is 11.3. The Morgan fingerprint density at radius 3 is 2.58 bits per heavy atom. The molecule has 0 aliphatic heterocycles. The van der Waals surface area contributed by atoms with Crippen molar-refractivity contribution in [1.29, 1.82) is 0 Å². The average molecular weight is 411 g/mol. The second kappa shape index (κ2) is 7.61. The molecule has 0 saturated carbocycles. The molecule has 19 heavy (non-hydrogen) atoms. The fourth-order valence-electron chi connectivity index (χ4n) is 1.39. The second-order valence-corrected chi connectivity index (χ2v) is 12.6. The lowest BCUT2D eigenvalue weighted by atomic mass is 10.3. The topological polar surface area (TPSA) is 37.9 Å². The number of aromatic nitrogens is 2. The molecule has 2 aromatic heterocycles. The summed E-state index contributed by atoms with van der Waals surface area (Å²) in [5.74, 6) is 0. The van der Waals surface area contributed by atoms with E-state index in [1.165, 1.54) is 6.04 Å². The van der Waals surface area contributed by atoms with Gasteiger partial charge in [0.2, 0.25) is 0 Å². The van der Waals surface area contributed by atoms with Crippen molar-refractivity contribution < 1.29 is 4.74 Å². The molecule has 2 aromatic rings. The Labute approximate surface area is 134 Å². The summed E-state index contributed by atoms with van der Waals surface area (Å²) in [6, 6.07) is 3.07. The number of rotatable bonds is 3. The zero-order chi connectivity index (χ0) is 14.5. The van der Waals surface area contributed by atoms with E-state index in [9.17, 15) is 0 Å². The largest absolute Gasteiger partial charge is 0.385 e. The van der Waals surface area contributed by atoms with Crippen LogP contribution in [0, 0.1) is 3.57 Å². The highest BCUT2D eigenvalue weighted by molar-refractivity contribution is 14.1. The number of fused-ring (bicyclic) bond motifs is 1. The van der Waals surface area contributed by atoms with Crippen LogP contribution < -0.4 is 0 Å². The van der Waals surface area contributed by atoms with Crippen molar-refractivity contribution in [2.45, 2.75) is 25.7 Å². The molecule has 2 rings (SSSR count). The SMILES string of the molecule is COCC[Si](C)(C)C.Clc1ccnc2[nH]cc(I)c12. The molecule has 0 amide bonds. The summed E-state index contributed by atoms with van der Waals surface area (Å²) in [7, 11) is 0.961. The van der Waals surface area contributed by atoms with Crippen LogP contribution in [-0.2, 0) is 4.74 Å². The van der Waals surface area contributed by atoms with E-state index in [4.69, 9.17) is 16.3 Å². The first-order valence-electron chi connectivity index (χ1n) is 6.11. The molecule has 0 aliphatic rings. The predicted molar refractivity (Wildman–Crippen MR) is 93.8 cm³/mol. The number of ether oxygens (including phenoxy) is 1. The highest BCUT2D eigenvalue weighted by Crippen LogP contribution is 2.25. The minimum Gasteiger partial charge on any atom is -0.385 e. The van der Waals surface area contributed by atoms with Gasteiger partial charge >= 0.3 is 0 Å². The number of pyridine rings is 1. The summed E-state index contributed by atoms with van der Waals surface area (Å²) in [6.45, 7) is 8.00. The highest BCUT2D eigenvalue weighted by Gasteiger charge is 2.10. The number of nitrogens with one attached hydrogen (secondary N) is 1. The van der Waals surface area contributed by atoms with E-state index >= 15 is 0 Å². The van der Waals surface area contributed by atoms with E-state index in [-0.39, 0.29) is 0 Å². The predicted octanol–water partition coefficient (Wildman–Crippen LogP) is 4.79. The highest BCUT2D eigenvalue weighted by atomic mass is 127. The molecular formula is C13H20ClIN2OSi. The fourth-order valence-corrected chi connectivity index (χ4v) is 3.31. The molecule has 0 fully saturated rings. The minimum absolute atomic E-state index is 0.751. The van der Waals surface area contributed by atoms with Gasteiger partial charge in [0.05, 0.1) is 10.4 Å². The Balaban J connectivity index is 0.000000203. The zero-order valence-corrected chi connectivity index (χ0v) is 15.7. The van der Waals surface area contributed by atoms with Crippen LogP contribution in [-0.4, -0.2) is 31.8 Å². The molecule has 1 N–H and O–H groups in total. The molecule has 3 nitrogen and oxygen atoms in total. The summed E-state index contributed by atoms with van der Waals surface area (Å²) in [6.07, 6.45) is 3.58. The van der Waals surface area contributed by atoms with Crippen molar-refractivity contribution in [3.05, 3.63) is 27.1 Å². The first kappa shape index (κ1) is 16.9. The van der Waals surface area contributed by atoms with E-state index in [0.29, 0.717) is 0 Å². The number of nitrogens with zero attached hydrogens (tertiary/aromatic N) is 1. The Kier molecular flexibility index (Phi) is 6.79. The maximum absolute atomic E-state index is 5.94. The van der Waals surface area contributed by atoms with Gasteiger partial charge in [0.15, 0.2) is 0 Å². The van der Waals surface area contributed by atoms with Crippen molar-refractivity contribution in [2.24, 2.45) is 0 Å². The Bertz CT molecular complexity index is 525. The van der Waals surface area contributed by atoms with Gasteiger partial charge in [-0.15, -0.1) is 0 Å². The summed E-state index contributed by atoms with van der Waals surface area (Å²) in [5.41, 5.74) is 0.849. The molecule has 0 aromatic carbocycles. The van der Waals surface area contributed by atoms with Gasteiger partial charge in [-0.3, -0.25) is 0 Å². The van der Waals surface area contributed by atoms with E-state index in [2.05, 4.69) is 52.2 Å². The smallest absolute Gasteiger partial charge is 0.139 e. The summed E-state index contributed by atoms with van der Waals surface area (Å²) in [4.78, 5) is 7.14. The Hall–Kier alpha value is -0.113. The maximum Gasteiger partial charge on any atom is 0.139 e. The van der Waals surface area contributed by atoms with Crippen LogP contribution in [0.3, 0.4) is 0 Å². The molecule has 0 spiro atoms. The monoisotopic (exact) mass is 410 g/mol. The van der Waals surface area contributed by atoms with Crippen LogP contribution >= 0.6 is 34.2 Å². The summed E-state index contributed by atoms with van der Waals surface area (Å²) in [5, 5.41) is 1.76. The van der Waals surface area contributed by atoms with Crippen LogP contribution in [0.4, 0.5) is 0 Å².